The van der Waals surface area contributed by atoms with E-state index in [9.17, 15) is 8.78 Å². The Kier molecular flexibility index (Phi) is 2.37. The third kappa shape index (κ3) is 1.57. The first-order chi connectivity index (χ1) is 6.68. The minimum atomic E-state index is -0.897. The van der Waals surface area contributed by atoms with E-state index >= 15 is 0 Å². The lowest BCUT2D eigenvalue weighted by Gasteiger charge is -2.11. The van der Waals surface area contributed by atoms with Crippen molar-refractivity contribution in [3.05, 3.63) is 29.3 Å². The van der Waals surface area contributed by atoms with Crippen LogP contribution in [0.5, 0.6) is 5.75 Å². The molecule has 2 nitrogen and oxygen atoms in total. The van der Waals surface area contributed by atoms with Crippen molar-refractivity contribution in [1.29, 1.82) is 0 Å². The van der Waals surface area contributed by atoms with Crippen LogP contribution in [0.1, 0.15) is 24.4 Å². The number of aromatic hydroxyl groups is 1. The van der Waals surface area contributed by atoms with Gasteiger partial charge < -0.3 is 10.4 Å². The van der Waals surface area contributed by atoms with Gasteiger partial charge >= 0.3 is 0 Å². The van der Waals surface area contributed by atoms with Crippen LogP contribution in [0.25, 0.3) is 0 Å². The zero-order valence-electron chi connectivity index (χ0n) is 7.56. The van der Waals surface area contributed by atoms with E-state index in [1.807, 2.05) is 0 Å². The zero-order valence-corrected chi connectivity index (χ0v) is 7.56. The van der Waals surface area contributed by atoms with Gasteiger partial charge in [0.25, 0.3) is 0 Å². The first kappa shape index (κ1) is 9.40. The molecule has 1 atom stereocenters. The normalized spacial score (nSPS) is 21.4. The number of halogens is 2. The van der Waals surface area contributed by atoms with Crippen molar-refractivity contribution in [1.82, 2.24) is 5.32 Å². The maximum absolute atomic E-state index is 13.0. The van der Waals surface area contributed by atoms with Crippen LogP contribution in [0, 0.1) is 11.6 Å². The zero-order chi connectivity index (χ0) is 10.1. The lowest BCUT2D eigenvalue weighted by atomic mass is 10.0. The third-order valence-electron chi connectivity index (χ3n) is 2.50. The molecule has 0 aliphatic carbocycles. The van der Waals surface area contributed by atoms with Crippen LogP contribution < -0.4 is 5.32 Å². The topological polar surface area (TPSA) is 32.3 Å². The number of nitrogens with one attached hydrogen (secondary N) is 1. The van der Waals surface area contributed by atoms with E-state index in [2.05, 4.69) is 5.32 Å². The monoisotopic (exact) mass is 199 g/mol. The fourth-order valence-electron chi connectivity index (χ4n) is 1.76. The number of benzene rings is 1. The summed E-state index contributed by atoms with van der Waals surface area (Å²) < 4.78 is 26.0. The summed E-state index contributed by atoms with van der Waals surface area (Å²) in [5.74, 6) is -2.69. The molecule has 1 aliphatic heterocycles. The molecule has 0 amide bonds. The Balaban J connectivity index is 2.34. The molecule has 76 valence electrons. The molecule has 14 heavy (non-hydrogen) atoms. The molecule has 4 heteroatoms. The Bertz CT molecular complexity index is 325. The van der Waals surface area contributed by atoms with Crippen LogP contribution in [0.2, 0.25) is 0 Å². The van der Waals surface area contributed by atoms with Crippen molar-refractivity contribution in [2.75, 3.05) is 6.54 Å². The summed E-state index contributed by atoms with van der Waals surface area (Å²) in [5, 5.41) is 12.0. The van der Waals surface area contributed by atoms with Gasteiger partial charge in [-0.05, 0) is 37.1 Å². The smallest absolute Gasteiger partial charge is 0.187 e. The van der Waals surface area contributed by atoms with Crippen LogP contribution in [0.15, 0.2) is 12.1 Å². The lowest BCUT2D eigenvalue weighted by molar-refractivity contribution is 0.394. The number of phenolic OH excluding ortho intramolecular Hbond substituents is 1. The summed E-state index contributed by atoms with van der Waals surface area (Å²) in [4.78, 5) is 0. The molecule has 1 heterocycles. The Labute approximate surface area is 80.6 Å². The predicted molar refractivity (Wildman–Crippen MR) is 48.0 cm³/mol. The molecule has 2 rings (SSSR count). The summed E-state index contributed by atoms with van der Waals surface area (Å²) >= 11 is 0. The summed E-state index contributed by atoms with van der Waals surface area (Å²) in [6, 6.07) is 2.38. The number of hydrogen-bond acceptors (Lipinski definition) is 2. The van der Waals surface area contributed by atoms with Crippen molar-refractivity contribution >= 4 is 0 Å². The van der Waals surface area contributed by atoms with Gasteiger partial charge in [-0.25, -0.2) is 8.78 Å². The van der Waals surface area contributed by atoms with Crippen LogP contribution in [-0.2, 0) is 0 Å². The predicted octanol–water partition coefficient (Wildman–Crippen LogP) is 2.09. The average Bonchev–Trinajstić information content (AvgIpc) is 2.66. The van der Waals surface area contributed by atoms with Crippen molar-refractivity contribution in [3.63, 3.8) is 0 Å². The summed E-state index contributed by atoms with van der Waals surface area (Å²) in [5.41, 5.74) is 0.565. The Hall–Kier alpha value is -1.16. The van der Waals surface area contributed by atoms with Gasteiger partial charge in [0.15, 0.2) is 17.4 Å². The second-order valence-corrected chi connectivity index (χ2v) is 3.48. The van der Waals surface area contributed by atoms with Crippen molar-refractivity contribution < 1.29 is 13.9 Å². The number of hydrogen-bond donors (Lipinski definition) is 2. The SMILES string of the molecule is Oc1c(F)cc(C2CCCN2)cc1F. The van der Waals surface area contributed by atoms with Crippen LogP contribution in [-0.4, -0.2) is 11.7 Å². The van der Waals surface area contributed by atoms with E-state index in [4.69, 9.17) is 5.11 Å². The maximum Gasteiger partial charge on any atom is 0.187 e. The van der Waals surface area contributed by atoms with Gasteiger partial charge in [0, 0.05) is 6.04 Å². The third-order valence-corrected chi connectivity index (χ3v) is 2.50. The molecule has 1 aliphatic rings. The largest absolute Gasteiger partial charge is 0.503 e. The molecule has 1 aromatic rings. The van der Waals surface area contributed by atoms with Crippen molar-refractivity contribution in [3.8, 4) is 5.75 Å². The number of rotatable bonds is 1. The van der Waals surface area contributed by atoms with Gasteiger partial charge in [-0.1, -0.05) is 0 Å². The van der Waals surface area contributed by atoms with Crippen LogP contribution in [0.4, 0.5) is 8.78 Å². The Morgan fingerprint density at radius 1 is 1.29 bits per heavy atom. The van der Waals surface area contributed by atoms with Gasteiger partial charge in [-0.2, -0.15) is 0 Å². The fourth-order valence-corrected chi connectivity index (χ4v) is 1.76. The first-order valence-corrected chi connectivity index (χ1v) is 4.60. The van der Waals surface area contributed by atoms with Gasteiger partial charge in [-0.15, -0.1) is 0 Å². The molecule has 1 unspecified atom stereocenters. The molecule has 1 saturated heterocycles. The molecule has 0 spiro atoms. The highest BCUT2D eigenvalue weighted by molar-refractivity contribution is 5.32. The average molecular weight is 199 g/mol. The van der Waals surface area contributed by atoms with Crippen LogP contribution in [0.3, 0.4) is 0 Å². The molecule has 0 saturated carbocycles. The van der Waals surface area contributed by atoms with E-state index in [0.717, 1.165) is 19.4 Å². The van der Waals surface area contributed by atoms with Gasteiger partial charge in [-0.3, -0.25) is 0 Å². The molecule has 0 aromatic heterocycles. The summed E-state index contributed by atoms with van der Waals surface area (Å²) in [7, 11) is 0. The Morgan fingerprint density at radius 2 is 1.93 bits per heavy atom. The molecule has 2 N–H and O–H groups in total. The minimum Gasteiger partial charge on any atom is -0.503 e. The summed E-state index contributed by atoms with van der Waals surface area (Å²) in [6.45, 7) is 0.870. The highest BCUT2D eigenvalue weighted by Gasteiger charge is 2.19. The lowest BCUT2D eigenvalue weighted by Crippen LogP contribution is -2.13. The standard InChI is InChI=1S/C10H11F2NO/c11-7-4-6(5-8(12)10(7)14)9-2-1-3-13-9/h4-5,9,13-14H,1-3H2. The molecular weight excluding hydrogens is 188 g/mol. The molecule has 0 radical (unpaired) electrons. The van der Waals surface area contributed by atoms with Gasteiger partial charge in [0.05, 0.1) is 0 Å². The second-order valence-electron chi connectivity index (χ2n) is 3.48. The summed E-state index contributed by atoms with van der Waals surface area (Å²) in [6.07, 6.45) is 1.89. The highest BCUT2D eigenvalue weighted by Crippen LogP contribution is 2.28. The van der Waals surface area contributed by atoms with Crippen LogP contribution >= 0.6 is 0 Å². The number of phenols is 1. The van der Waals surface area contributed by atoms with E-state index < -0.39 is 17.4 Å². The second kappa shape index (κ2) is 3.53. The molecule has 1 fully saturated rings. The molecule has 1 aromatic carbocycles. The minimum absolute atomic E-state index is 0.0135. The van der Waals surface area contributed by atoms with E-state index in [-0.39, 0.29) is 6.04 Å². The molecule has 0 bridgehead atoms. The van der Waals surface area contributed by atoms with E-state index in [1.54, 1.807) is 0 Å². The van der Waals surface area contributed by atoms with Crippen molar-refractivity contribution in [2.24, 2.45) is 0 Å². The van der Waals surface area contributed by atoms with Crippen molar-refractivity contribution in [2.45, 2.75) is 18.9 Å². The van der Waals surface area contributed by atoms with E-state index in [0.29, 0.717) is 5.56 Å². The molecular formula is C10H11F2NO. The quantitative estimate of drug-likeness (QED) is 0.725. The Morgan fingerprint density at radius 3 is 2.43 bits per heavy atom. The van der Waals surface area contributed by atoms with Gasteiger partial charge in [0.2, 0.25) is 0 Å². The maximum atomic E-state index is 13.0. The van der Waals surface area contributed by atoms with Gasteiger partial charge in [0.1, 0.15) is 0 Å². The highest BCUT2D eigenvalue weighted by atomic mass is 19.1. The fraction of sp³-hybridized carbons (Fsp3) is 0.400. The van der Waals surface area contributed by atoms with E-state index in [1.165, 1.54) is 12.1 Å². The first-order valence-electron chi connectivity index (χ1n) is 4.60.